The van der Waals surface area contributed by atoms with Crippen LogP contribution in [-0.2, 0) is 38.8 Å². The fourth-order valence-electron chi connectivity index (χ4n) is 5.52. The van der Waals surface area contributed by atoms with Crippen LogP contribution in [0.3, 0.4) is 0 Å². The third-order valence-corrected chi connectivity index (χ3v) is 7.67. The highest BCUT2D eigenvalue weighted by Crippen LogP contribution is 2.32. The van der Waals surface area contributed by atoms with Crippen LogP contribution >= 0.6 is 0 Å². The predicted molar refractivity (Wildman–Crippen MR) is 157 cm³/mol. The molecule has 1 saturated heterocycles. The molecule has 7 nitrogen and oxygen atoms in total. The lowest BCUT2D eigenvalue weighted by atomic mass is 9.96. The zero-order valence-electron chi connectivity index (χ0n) is 23.2. The van der Waals surface area contributed by atoms with Gasteiger partial charge in [-0.25, -0.2) is 0 Å². The van der Waals surface area contributed by atoms with E-state index < -0.39 is 24.4 Å². The van der Waals surface area contributed by atoms with Crippen LogP contribution in [-0.4, -0.2) is 54.3 Å². The van der Waals surface area contributed by atoms with E-state index in [0.717, 1.165) is 16.7 Å². The van der Waals surface area contributed by atoms with Crippen LogP contribution in [0, 0.1) is 0 Å². The van der Waals surface area contributed by atoms with Crippen molar-refractivity contribution in [2.24, 2.45) is 0 Å². The molecule has 7 heteroatoms. The number of hydrogen-bond acceptors (Lipinski definition) is 6. The second kappa shape index (κ2) is 13.2. The lowest BCUT2D eigenvalue weighted by Gasteiger charge is -2.44. The maximum Gasteiger partial charge on any atom is 0.261 e. The third kappa shape index (κ3) is 6.20. The number of fused-ring (bicyclic) bond motifs is 1. The Kier molecular flexibility index (Phi) is 8.82. The van der Waals surface area contributed by atoms with Crippen LogP contribution in [0.1, 0.15) is 37.4 Å². The van der Waals surface area contributed by atoms with Crippen molar-refractivity contribution in [2.45, 2.75) is 44.2 Å². The van der Waals surface area contributed by atoms with Gasteiger partial charge in [-0.15, -0.1) is 0 Å². The molecule has 2 amide bonds. The molecular weight excluding hydrogens is 530 g/mol. The van der Waals surface area contributed by atoms with Gasteiger partial charge in [-0.2, -0.15) is 0 Å². The molecule has 0 aromatic heterocycles. The Bertz CT molecular complexity index is 1440. The molecule has 1 fully saturated rings. The summed E-state index contributed by atoms with van der Waals surface area (Å²) in [6.45, 7) is 1.38. The van der Waals surface area contributed by atoms with Gasteiger partial charge in [-0.3, -0.25) is 14.5 Å². The minimum Gasteiger partial charge on any atom is -0.374 e. The van der Waals surface area contributed by atoms with E-state index in [2.05, 4.69) is 0 Å². The zero-order valence-corrected chi connectivity index (χ0v) is 23.2. The molecule has 4 aromatic carbocycles. The topological polar surface area (TPSA) is 74.3 Å². The second-order valence-electron chi connectivity index (χ2n) is 10.5. The van der Waals surface area contributed by atoms with E-state index >= 15 is 0 Å². The van der Waals surface area contributed by atoms with Crippen LogP contribution in [0.5, 0.6) is 0 Å². The first-order valence-electron chi connectivity index (χ1n) is 14.2. The molecule has 0 saturated carbocycles. The monoisotopic (exact) mass is 563 g/mol. The maximum atomic E-state index is 13.6. The Morgan fingerprint density at radius 2 is 1.05 bits per heavy atom. The molecular formula is C35H33NO6. The van der Waals surface area contributed by atoms with Crippen LogP contribution in [0.2, 0.25) is 0 Å². The van der Waals surface area contributed by atoms with E-state index in [0.29, 0.717) is 24.3 Å². The van der Waals surface area contributed by atoms with E-state index in [1.165, 1.54) is 4.90 Å². The van der Waals surface area contributed by atoms with Crippen molar-refractivity contribution in [2.75, 3.05) is 13.2 Å². The summed E-state index contributed by atoms with van der Waals surface area (Å²) in [6, 6.07) is 35.8. The summed E-state index contributed by atoms with van der Waals surface area (Å²) in [5.41, 5.74) is 3.80. The van der Waals surface area contributed by atoms with Crippen molar-refractivity contribution in [1.82, 2.24) is 4.90 Å². The van der Waals surface area contributed by atoms with E-state index in [4.69, 9.17) is 18.9 Å². The van der Waals surface area contributed by atoms with Gasteiger partial charge in [0.25, 0.3) is 11.8 Å². The predicted octanol–water partition coefficient (Wildman–Crippen LogP) is 5.44. The van der Waals surface area contributed by atoms with Crippen LogP contribution in [0.4, 0.5) is 0 Å². The summed E-state index contributed by atoms with van der Waals surface area (Å²) in [7, 11) is 0. The molecule has 0 bridgehead atoms. The minimum absolute atomic E-state index is 0.107. The lowest BCUT2D eigenvalue weighted by molar-refractivity contribution is -0.216. The van der Waals surface area contributed by atoms with Gasteiger partial charge in [0, 0.05) is 0 Å². The van der Waals surface area contributed by atoms with Crippen LogP contribution < -0.4 is 0 Å². The number of carbonyl (C=O) groups is 2. The molecule has 3 unspecified atom stereocenters. The second-order valence-corrected chi connectivity index (χ2v) is 10.5. The van der Waals surface area contributed by atoms with Gasteiger partial charge in [0.2, 0.25) is 0 Å². The number of rotatable bonds is 11. The van der Waals surface area contributed by atoms with E-state index in [1.54, 1.807) is 24.3 Å². The van der Waals surface area contributed by atoms with Crippen molar-refractivity contribution in [1.29, 1.82) is 0 Å². The highest BCUT2D eigenvalue weighted by Gasteiger charge is 2.50. The van der Waals surface area contributed by atoms with Crippen molar-refractivity contribution in [3.05, 3.63) is 143 Å². The summed E-state index contributed by atoms with van der Waals surface area (Å²) in [4.78, 5) is 28.4. The first kappa shape index (κ1) is 28.0. The Labute approximate surface area is 245 Å². The number of nitrogens with zero attached hydrogens (tertiary/aromatic N) is 1. The molecule has 4 aromatic rings. The molecule has 0 spiro atoms. The number of carbonyl (C=O) groups excluding carboxylic acids is 2. The summed E-state index contributed by atoms with van der Waals surface area (Å²) < 4.78 is 25.6. The van der Waals surface area contributed by atoms with Gasteiger partial charge in [-0.05, 0) is 28.8 Å². The average Bonchev–Trinajstić information content (AvgIpc) is 3.30. The zero-order chi connectivity index (χ0) is 28.7. The largest absolute Gasteiger partial charge is 0.374 e. The molecule has 0 radical (unpaired) electrons. The van der Waals surface area contributed by atoms with E-state index in [1.807, 2.05) is 91.0 Å². The standard InChI is InChI=1S/C35H33NO6/c37-34-28-18-10-11-19-29(28)35(38)36(34)30-23-40-31(24-39-20-25-12-4-1-5-13-25)33(42-22-27-16-8-3-9-17-27)32(30)41-21-26-14-6-2-7-15-26/h1-19,30-33H,20-24H2/t30-,31?,32?,33?/m1/s1. The van der Waals surface area contributed by atoms with Crippen LogP contribution in [0.25, 0.3) is 0 Å². The number of ether oxygens (including phenoxy) is 4. The number of imide groups is 1. The van der Waals surface area contributed by atoms with Gasteiger partial charge < -0.3 is 18.9 Å². The molecule has 2 heterocycles. The van der Waals surface area contributed by atoms with Gasteiger partial charge in [0.05, 0.1) is 50.2 Å². The number of hydrogen-bond donors (Lipinski definition) is 0. The average molecular weight is 564 g/mol. The Hall–Kier alpha value is -4.14. The molecule has 2 aliphatic heterocycles. The summed E-state index contributed by atoms with van der Waals surface area (Å²) in [5.74, 6) is -0.698. The van der Waals surface area contributed by atoms with Crippen molar-refractivity contribution < 1.29 is 28.5 Å². The SMILES string of the molecule is O=C1c2ccccc2C(=O)N1[C@@H]1COC(COCc2ccccc2)C(OCc2ccccc2)C1OCc1ccccc1. The minimum atomic E-state index is -0.688. The quantitative estimate of drug-likeness (QED) is 0.226. The number of benzene rings is 4. The number of amides is 2. The van der Waals surface area contributed by atoms with Crippen molar-refractivity contribution >= 4 is 11.8 Å². The first-order chi connectivity index (χ1) is 20.7. The Morgan fingerprint density at radius 3 is 1.57 bits per heavy atom. The summed E-state index contributed by atoms with van der Waals surface area (Å²) >= 11 is 0. The summed E-state index contributed by atoms with van der Waals surface area (Å²) in [5, 5.41) is 0. The Balaban J connectivity index is 1.28. The highest BCUT2D eigenvalue weighted by molar-refractivity contribution is 6.21. The first-order valence-corrected chi connectivity index (χ1v) is 14.2. The van der Waals surface area contributed by atoms with Gasteiger partial charge in [0.1, 0.15) is 18.3 Å². The van der Waals surface area contributed by atoms with Crippen molar-refractivity contribution in [3.63, 3.8) is 0 Å². The fourth-order valence-corrected chi connectivity index (χ4v) is 5.52. The molecule has 0 aliphatic carbocycles. The smallest absolute Gasteiger partial charge is 0.261 e. The van der Waals surface area contributed by atoms with E-state index in [-0.39, 0.29) is 31.6 Å². The lowest BCUT2D eigenvalue weighted by Crippen LogP contribution is -2.62. The Morgan fingerprint density at radius 1 is 0.595 bits per heavy atom. The van der Waals surface area contributed by atoms with E-state index in [9.17, 15) is 9.59 Å². The molecule has 0 N–H and O–H groups in total. The molecule has 4 atom stereocenters. The molecule has 42 heavy (non-hydrogen) atoms. The van der Waals surface area contributed by atoms with Gasteiger partial charge in [0.15, 0.2) is 0 Å². The molecule has 2 aliphatic rings. The summed E-state index contributed by atoms with van der Waals surface area (Å²) in [6.07, 6.45) is -1.76. The van der Waals surface area contributed by atoms with Crippen LogP contribution in [0.15, 0.2) is 115 Å². The molecule has 214 valence electrons. The van der Waals surface area contributed by atoms with Gasteiger partial charge in [-0.1, -0.05) is 103 Å². The van der Waals surface area contributed by atoms with Gasteiger partial charge >= 0.3 is 0 Å². The molecule has 6 rings (SSSR count). The van der Waals surface area contributed by atoms with Crippen molar-refractivity contribution in [3.8, 4) is 0 Å². The third-order valence-electron chi connectivity index (χ3n) is 7.67. The maximum absolute atomic E-state index is 13.6. The highest BCUT2D eigenvalue weighted by atomic mass is 16.6. The normalized spacial score (nSPS) is 21.9. The fraction of sp³-hybridized carbons (Fsp3) is 0.257.